The van der Waals surface area contributed by atoms with E-state index in [4.69, 9.17) is 0 Å². The SMILES string of the molecule is CNC(c1ccc2ccccc2c1)c1cnn(C)c1. The van der Waals surface area contributed by atoms with Crippen LogP contribution in [0.3, 0.4) is 0 Å². The third-order valence-corrected chi connectivity index (χ3v) is 3.45. The molecule has 1 atom stereocenters. The summed E-state index contributed by atoms with van der Waals surface area (Å²) >= 11 is 0. The van der Waals surface area contributed by atoms with Crippen molar-refractivity contribution in [1.82, 2.24) is 15.1 Å². The Hall–Kier alpha value is -2.13. The second-order valence-electron chi connectivity index (χ2n) is 4.78. The lowest BCUT2D eigenvalue weighted by Crippen LogP contribution is -2.17. The van der Waals surface area contributed by atoms with Gasteiger partial charge in [-0.15, -0.1) is 0 Å². The number of hydrogen-bond acceptors (Lipinski definition) is 2. The Kier molecular flexibility index (Phi) is 3.05. The van der Waals surface area contributed by atoms with E-state index in [0.29, 0.717) is 0 Å². The molecule has 0 aliphatic heterocycles. The van der Waals surface area contributed by atoms with Gasteiger partial charge in [-0.3, -0.25) is 4.68 Å². The Balaban J connectivity index is 2.06. The number of benzene rings is 2. The van der Waals surface area contributed by atoms with Crippen LogP contribution >= 0.6 is 0 Å². The molecule has 19 heavy (non-hydrogen) atoms. The molecular formula is C16H17N3. The summed E-state index contributed by atoms with van der Waals surface area (Å²) in [5, 5.41) is 10.1. The Morgan fingerprint density at radius 3 is 2.53 bits per heavy atom. The minimum absolute atomic E-state index is 0.179. The van der Waals surface area contributed by atoms with E-state index in [2.05, 4.69) is 59.1 Å². The largest absolute Gasteiger partial charge is 0.309 e. The summed E-state index contributed by atoms with van der Waals surface area (Å²) in [6.07, 6.45) is 3.96. The first-order valence-electron chi connectivity index (χ1n) is 6.42. The molecule has 0 aliphatic carbocycles. The van der Waals surface area contributed by atoms with Crippen molar-refractivity contribution in [3.8, 4) is 0 Å². The van der Waals surface area contributed by atoms with E-state index in [1.54, 1.807) is 0 Å². The molecular weight excluding hydrogens is 234 g/mol. The fourth-order valence-corrected chi connectivity index (χ4v) is 2.50. The summed E-state index contributed by atoms with van der Waals surface area (Å²) in [4.78, 5) is 0. The maximum atomic E-state index is 4.25. The van der Waals surface area contributed by atoms with Crippen LogP contribution in [0.4, 0.5) is 0 Å². The molecule has 0 spiro atoms. The highest BCUT2D eigenvalue weighted by molar-refractivity contribution is 5.83. The molecule has 0 bridgehead atoms. The van der Waals surface area contributed by atoms with E-state index >= 15 is 0 Å². The van der Waals surface area contributed by atoms with Gasteiger partial charge in [0.1, 0.15) is 0 Å². The van der Waals surface area contributed by atoms with Gasteiger partial charge in [0.25, 0.3) is 0 Å². The lowest BCUT2D eigenvalue weighted by atomic mass is 9.98. The van der Waals surface area contributed by atoms with Crippen molar-refractivity contribution >= 4 is 10.8 Å². The van der Waals surface area contributed by atoms with Crippen molar-refractivity contribution in [2.75, 3.05) is 7.05 Å². The van der Waals surface area contributed by atoms with Crippen molar-refractivity contribution in [2.24, 2.45) is 7.05 Å². The van der Waals surface area contributed by atoms with E-state index < -0.39 is 0 Å². The fraction of sp³-hybridized carbons (Fsp3) is 0.188. The Bertz CT molecular complexity index is 700. The highest BCUT2D eigenvalue weighted by Gasteiger charge is 2.13. The maximum absolute atomic E-state index is 4.25. The summed E-state index contributed by atoms with van der Waals surface area (Å²) in [6.45, 7) is 0. The van der Waals surface area contributed by atoms with E-state index in [9.17, 15) is 0 Å². The van der Waals surface area contributed by atoms with Gasteiger partial charge in [-0.05, 0) is 29.4 Å². The molecule has 0 radical (unpaired) electrons. The van der Waals surface area contributed by atoms with Gasteiger partial charge < -0.3 is 5.32 Å². The van der Waals surface area contributed by atoms with Crippen LogP contribution in [0, 0.1) is 0 Å². The Morgan fingerprint density at radius 1 is 1.05 bits per heavy atom. The van der Waals surface area contributed by atoms with Gasteiger partial charge in [-0.2, -0.15) is 5.10 Å². The normalized spacial score (nSPS) is 12.7. The van der Waals surface area contributed by atoms with Crippen molar-refractivity contribution in [2.45, 2.75) is 6.04 Å². The van der Waals surface area contributed by atoms with Crippen molar-refractivity contribution in [3.05, 3.63) is 66.0 Å². The van der Waals surface area contributed by atoms with E-state index in [1.807, 2.05) is 25.0 Å². The number of aromatic nitrogens is 2. The topological polar surface area (TPSA) is 29.9 Å². The second kappa shape index (κ2) is 4.86. The third-order valence-electron chi connectivity index (χ3n) is 3.45. The van der Waals surface area contributed by atoms with Gasteiger partial charge in [-0.25, -0.2) is 0 Å². The van der Waals surface area contributed by atoms with Crippen LogP contribution in [0.25, 0.3) is 10.8 Å². The minimum atomic E-state index is 0.179. The lowest BCUT2D eigenvalue weighted by molar-refractivity contribution is 0.690. The Morgan fingerprint density at radius 2 is 1.84 bits per heavy atom. The summed E-state index contributed by atoms with van der Waals surface area (Å²) < 4.78 is 1.83. The van der Waals surface area contributed by atoms with E-state index in [0.717, 1.165) is 0 Å². The molecule has 1 heterocycles. The van der Waals surface area contributed by atoms with E-state index in [-0.39, 0.29) is 6.04 Å². The first kappa shape index (κ1) is 11.9. The van der Waals surface area contributed by atoms with Gasteiger partial charge in [-0.1, -0.05) is 36.4 Å². The van der Waals surface area contributed by atoms with Gasteiger partial charge in [0, 0.05) is 18.8 Å². The van der Waals surface area contributed by atoms with Crippen LogP contribution in [0.1, 0.15) is 17.2 Å². The van der Waals surface area contributed by atoms with Crippen LogP contribution in [-0.2, 0) is 7.05 Å². The van der Waals surface area contributed by atoms with E-state index in [1.165, 1.54) is 21.9 Å². The molecule has 1 unspecified atom stereocenters. The first-order chi connectivity index (χ1) is 9.28. The number of aryl methyl sites for hydroxylation is 1. The van der Waals surface area contributed by atoms with Crippen LogP contribution in [0.2, 0.25) is 0 Å². The number of nitrogens with zero attached hydrogens (tertiary/aromatic N) is 2. The molecule has 0 aliphatic rings. The third kappa shape index (κ3) is 2.25. The zero-order valence-corrected chi connectivity index (χ0v) is 11.2. The fourth-order valence-electron chi connectivity index (χ4n) is 2.50. The van der Waals surface area contributed by atoms with Gasteiger partial charge in [0.2, 0.25) is 0 Å². The zero-order chi connectivity index (χ0) is 13.2. The molecule has 3 heteroatoms. The number of hydrogen-bond donors (Lipinski definition) is 1. The second-order valence-corrected chi connectivity index (χ2v) is 4.78. The quantitative estimate of drug-likeness (QED) is 0.775. The Labute approximate surface area is 112 Å². The monoisotopic (exact) mass is 251 g/mol. The molecule has 2 aromatic carbocycles. The maximum Gasteiger partial charge on any atom is 0.0605 e. The van der Waals surface area contributed by atoms with Gasteiger partial charge in [0.15, 0.2) is 0 Å². The van der Waals surface area contributed by atoms with Crippen LogP contribution in [-0.4, -0.2) is 16.8 Å². The molecule has 0 amide bonds. The molecule has 3 nitrogen and oxygen atoms in total. The molecule has 3 rings (SSSR count). The summed E-state index contributed by atoms with van der Waals surface area (Å²) in [6, 6.07) is 15.2. The highest BCUT2D eigenvalue weighted by atomic mass is 15.2. The standard InChI is InChI=1S/C16H17N3/c1-17-16(15-10-18-19(2)11-15)14-8-7-12-5-3-4-6-13(12)9-14/h3-11,16-17H,1-2H3. The van der Waals surface area contributed by atoms with Crippen molar-refractivity contribution in [1.29, 1.82) is 0 Å². The number of rotatable bonds is 3. The van der Waals surface area contributed by atoms with Crippen molar-refractivity contribution in [3.63, 3.8) is 0 Å². The highest BCUT2D eigenvalue weighted by Crippen LogP contribution is 2.24. The summed E-state index contributed by atoms with van der Waals surface area (Å²) in [7, 11) is 3.92. The van der Waals surface area contributed by atoms with Crippen LogP contribution in [0.5, 0.6) is 0 Å². The lowest BCUT2D eigenvalue weighted by Gasteiger charge is -2.15. The van der Waals surface area contributed by atoms with Crippen molar-refractivity contribution < 1.29 is 0 Å². The van der Waals surface area contributed by atoms with Crippen LogP contribution < -0.4 is 5.32 Å². The molecule has 0 fully saturated rings. The molecule has 1 aromatic heterocycles. The first-order valence-corrected chi connectivity index (χ1v) is 6.42. The van der Waals surface area contributed by atoms with Crippen LogP contribution in [0.15, 0.2) is 54.9 Å². The predicted molar refractivity (Wildman–Crippen MR) is 78.1 cm³/mol. The molecule has 96 valence electrons. The van der Waals surface area contributed by atoms with Gasteiger partial charge >= 0.3 is 0 Å². The average molecular weight is 251 g/mol. The van der Waals surface area contributed by atoms with Gasteiger partial charge in [0.05, 0.1) is 12.2 Å². The summed E-state index contributed by atoms with van der Waals surface area (Å²) in [5.74, 6) is 0. The molecule has 1 N–H and O–H groups in total. The predicted octanol–water partition coefficient (Wildman–Crippen LogP) is 2.88. The number of fused-ring (bicyclic) bond motifs is 1. The molecule has 0 saturated heterocycles. The smallest absolute Gasteiger partial charge is 0.0605 e. The molecule has 3 aromatic rings. The average Bonchev–Trinajstić information content (AvgIpc) is 2.86. The zero-order valence-electron chi connectivity index (χ0n) is 11.2. The minimum Gasteiger partial charge on any atom is -0.309 e. The summed E-state index contributed by atoms with van der Waals surface area (Å²) in [5.41, 5.74) is 2.44. The number of nitrogens with one attached hydrogen (secondary N) is 1. The molecule has 0 saturated carbocycles.